The summed E-state index contributed by atoms with van der Waals surface area (Å²) in [6.45, 7) is 1.64. The molecular weight excluding hydrogens is 423 g/mol. The molecule has 3 nitrogen and oxygen atoms in total. The highest BCUT2D eigenvalue weighted by atomic mass is 19.1. The lowest BCUT2D eigenvalue weighted by molar-refractivity contribution is -0.660. The predicted octanol–water partition coefficient (Wildman–Crippen LogP) is 7.36. The van der Waals surface area contributed by atoms with Gasteiger partial charge in [0, 0.05) is 32.2 Å². The Hall–Kier alpha value is -4.05. The molecule has 0 radical (unpaired) electrons. The maximum atomic E-state index is 13.7. The van der Waals surface area contributed by atoms with Crippen molar-refractivity contribution in [3.8, 4) is 22.4 Å². The summed E-state index contributed by atoms with van der Waals surface area (Å²) in [6, 6.07) is 20.0. The molecule has 0 fully saturated rings. The SMILES string of the molecule is [2H]C([2H])([2H])c1c[n+](C)c(-c2c(C)ccc3c2oc2nc(C)c4ccccc4c23)cc1-c1ccc(F)cc1. The first kappa shape index (κ1) is 17.4. The second kappa shape index (κ2) is 7.49. The van der Waals surface area contributed by atoms with Crippen LogP contribution in [0, 0.1) is 26.5 Å². The minimum absolute atomic E-state index is 0.197. The average Bonchev–Trinajstić information content (AvgIpc) is 3.22. The standard InChI is InChI=1S/C30H24FN2O/c1-17-9-14-24-28-23-8-6-5-7-22(23)19(3)32-30(28)34-29(24)27(17)26-15-25(18(2)16-33(26)4)20-10-12-21(31)13-11-20/h5-16H,1-4H3/q+1/i2D3. The van der Waals surface area contributed by atoms with E-state index in [0.29, 0.717) is 22.4 Å². The summed E-state index contributed by atoms with van der Waals surface area (Å²) < 4.78 is 46.4. The quantitative estimate of drug-likeness (QED) is 0.258. The first-order valence-corrected chi connectivity index (χ1v) is 11.1. The Kier molecular flexibility index (Phi) is 3.84. The zero-order chi connectivity index (χ0) is 26.1. The fraction of sp³-hybridized carbons (Fsp3) is 0.133. The number of benzene rings is 3. The lowest BCUT2D eigenvalue weighted by Crippen LogP contribution is -2.31. The van der Waals surface area contributed by atoms with Gasteiger partial charge in [0.25, 0.3) is 0 Å². The Balaban J connectivity index is 1.70. The minimum Gasteiger partial charge on any atom is -0.437 e. The molecule has 6 aromatic rings. The highest BCUT2D eigenvalue weighted by molar-refractivity contribution is 6.20. The van der Waals surface area contributed by atoms with Crippen LogP contribution in [0.2, 0.25) is 0 Å². The smallest absolute Gasteiger partial charge is 0.228 e. The van der Waals surface area contributed by atoms with E-state index in [1.54, 1.807) is 18.3 Å². The van der Waals surface area contributed by atoms with Crippen LogP contribution < -0.4 is 4.57 Å². The molecule has 0 bridgehead atoms. The van der Waals surface area contributed by atoms with Crippen LogP contribution in [0.3, 0.4) is 0 Å². The third-order valence-electron chi connectivity index (χ3n) is 6.59. The van der Waals surface area contributed by atoms with Crippen LogP contribution in [-0.2, 0) is 7.05 Å². The summed E-state index contributed by atoms with van der Waals surface area (Å²) >= 11 is 0. The molecule has 0 atom stereocenters. The minimum atomic E-state index is -2.35. The summed E-state index contributed by atoms with van der Waals surface area (Å²) in [5.74, 6) is -0.376. The maximum absolute atomic E-state index is 13.7. The summed E-state index contributed by atoms with van der Waals surface area (Å²) in [4.78, 5) is 4.76. The van der Waals surface area contributed by atoms with Crippen LogP contribution in [0.25, 0.3) is 55.2 Å². The molecule has 34 heavy (non-hydrogen) atoms. The Labute approximate surface area is 201 Å². The van der Waals surface area contributed by atoms with Crippen molar-refractivity contribution in [2.75, 3.05) is 0 Å². The molecule has 0 spiro atoms. The average molecular weight is 451 g/mol. The molecule has 0 amide bonds. The van der Waals surface area contributed by atoms with E-state index in [1.165, 1.54) is 12.1 Å². The van der Waals surface area contributed by atoms with Crippen LogP contribution in [0.1, 0.15) is 20.9 Å². The van der Waals surface area contributed by atoms with Crippen molar-refractivity contribution in [1.82, 2.24) is 4.98 Å². The van der Waals surface area contributed by atoms with Gasteiger partial charge in [-0.25, -0.2) is 13.9 Å². The molecule has 3 heterocycles. The van der Waals surface area contributed by atoms with Gasteiger partial charge in [-0.3, -0.25) is 0 Å². The number of hydrogen-bond donors (Lipinski definition) is 0. The molecular formula is C30H24FN2O+. The summed E-state index contributed by atoms with van der Waals surface area (Å²) in [5, 5.41) is 4.05. The van der Waals surface area contributed by atoms with Crippen LogP contribution in [0.5, 0.6) is 0 Å². The van der Waals surface area contributed by atoms with E-state index in [0.717, 1.165) is 44.1 Å². The number of furan rings is 1. The van der Waals surface area contributed by atoms with Crippen molar-refractivity contribution in [1.29, 1.82) is 0 Å². The Morgan fingerprint density at radius 2 is 1.68 bits per heavy atom. The summed E-state index contributed by atoms with van der Waals surface area (Å²) in [6.07, 6.45) is 1.64. The molecule has 0 aliphatic rings. The molecule has 0 saturated heterocycles. The zero-order valence-electron chi connectivity index (χ0n) is 22.1. The van der Waals surface area contributed by atoms with E-state index in [4.69, 9.17) is 13.5 Å². The topological polar surface area (TPSA) is 29.9 Å². The van der Waals surface area contributed by atoms with Crippen LogP contribution >= 0.6 is 0 Å². The molecule has 0 saturated carbocycles. The van der Waals surface area contributed by atoms with Gasteiger partial charge < -0.3 is 4.42 Å². The van der Waals surface area contributed by atoms with E-state index in [9.17, 15) is 4.39 Å². The van der Waals surface area contributed by atoms with Gasteiger partial charge in [0.05, 0.1) is 10.9 Å². The Morgan fingerprint density at radius 3 is 2.44 bits per heavy atom. The fourth-order valence-electron chi connectivity index (χ4n) is 4.90. The lowest BCUT2D eigenvalue weighted by atomic mass is 9.95. The monoisotopic (exact) mass is 450 g/mol. The number of rotatable bonds is 2. The molecule has 3 aromatic carbocycles. The van der Waals surface area contributed by atoms with Gasteiger partial charge in [-0.1, -0.05) is 48.5 Å². The molecule has 0 N–H and O–H groups in total. The van der Waals surface area contributed by atoms with Crippen molar-refractivity contribution in [3.63, 3.8) is 0 Å². The van der Waals surface area contributed by atoms with Crippen LogP contribution in [-0.4, -0.2) is 4.98 Å². The van der Waals surface area contributed by atoms with E-state index in [2.05, 4.69) is 24.3 Å². The second-order valence-corrected chi connectivity index (χ2v) is 8.76. The highest BCUT2D eigenvalue weighted by Crippen LogP contribution is 2.40. The molecule has 0 aliphatic carbocycles. The second-order valence-electron chi connectivity index (χ2n) is 8.76. The van der Waals surface area contributed by atoms with E-state index in [1.807, 2.05) is 43.7 Å². The fourth-order valence-corrected chi connectivity index (χ4v) is 4.90. The molecule has 3 aromatic heterocycles. The molecule has 4 heteroatoms. The van der Waals surface area contributed by atoms with Crippen molar-refractivity contribution in [2.24, 2.45) is 7.05 Å². The predicted molar refractivity (Wildman–Crippen MR) is 135 cm³/mol. The van der Waals surface area contributed by atoms with Gasteiger partial charge in [0.2, 0.25) is 11.4 Å². The van der Waals surface area contributed by atoms with Crippen molar-refractivity contribution in [3.05, 3.63) is 95.6 Å². The third kappa shape index (κ3) is 3.02. The summed E-state index contributed by atoms with van der Waals surface area (Å²) in [5.41, 5.74) is 6.14. The zero-order valence-corrected chi connectivity index (χ0v) is 19.1. The van der Waals surface area contributed by atoms with Crippen molar-refractivity contribution >= 4 is 32.8 Å². The summed E-state index contributed by atoms with van der Waals surface area (Å²) in [7, 11) is 1.83. The van der Waals surface area contributed by atoms with Crippen molar-refractivity contribution in [2.45, 2.75) is 20.7 Å². The molecule has 166 valence electrons. The number of fused-ring (bicyclic) bond motifs is 5. The van der Waals surface area contributed by atoms with E-state index >= 15 is 0 Å². The normalized spacial score (nSPS) is 13.4. The van der Waals surface area contributed by atoms with Gasteiger partial charge >= 0.3 is 0 Å². The lowest BCUT2D eigenvalue weighted by Gasteiger charge is -2.10. The van der Waals surface area contributed by atoms with Gasteiger partial charge in [0.15, 0.2) is 11.8 Å². The van der Waals surface area contributed by atoms with Crippen molar-refractivity contribution < 1.29 is 17.5 Å². The maximum Gasteiger partial charge on any atom is 0.228 e. The van der Waals surface area contributed by atoms with Gasteiger partial charge in [-0.2, -0.15) is 0 Å². The number of aryl methyl sites for hydroxylation is 4. The van der Waals surface area contributed by atoms with Crippen LogP contribution in [0.4, 0.5) is 4.39 Å². The van der Waals surface area contributed by atoms with Crippen LogP contribution in [0.15, 0.2) is 77.3 Å². The number of hydrogen-bond acceptors (Lipinski definition) is 2. The Bertz CT molecular complexity index is 1850. The first-order valence-electron chi connectivity index (χ1n) is 12.6. The molecule has 6 rings (SSSR count). The first-order chi connectivity index (χ1) is 17.6. The van der Waals surface area contributed by atoms with E-state index < -0.39 is 6.85 Å². The Morgan fingerprint density at radius 1 is 0.912 bits per heavy atom. The molecule has 0 aliphatic heterocycles. The van der Waals surface area contributed by atoms with Gasteiger partial charge in [-0.05, 0) is 54.9 Å². The number of nitrogens with zero attached hydrogens (tertiary/aromatic N) is 2. The highest BCUT2D eigenvalue weighted by Gasteiger charge is 2.24. The number of pyridine rings is 2. The number of halogens is 1. The largest absolute Gasteiger partial charge is 0.437 e. The van der Waals surface area contributed by atoms with Gasteiger partial charge in [0.1, 0.15) is 12.9 Å². The van der Waals surface area contributed by atoms with E-state index in [-0.39, 0.29) is 11.4 Å². The van der Waals surface area contributed by atoms with Gasteiger partial charge in [-0.15, -0.1) is 0 Å². The molecule has 0 unspecified atom stereocenters. The third-order valence-corrected chi connectivity index (χ3v) is 6.59. The number of aromatic nitrogens is 2.